The first-order chi connectivity index (χ1) is 7.24. The molecule has 72 valence electrons. The van der Waals surface area contributed by atoms with Gasteiger partial charge in [-0.05, 0) is 17.5 Å². The third kappa shape index (κ3) is 1.38. The van der Waals surface area contributed by atoms with E-state index in [2.05, 4.69) is 4.98 Å². The lowest BCUT2D eigenvalue weighted by Gasteiger charge is -1.99. The molecule has 5 heteroatoms. The second-order valence-corrected chi connectivity index (χ2v) is 2.93. The van der Waals surface area contributed by atoms with E-state index in [-0.39, 0.29) is 11.3 Å². The van der Waals surface area contributed by atoms with Gasteiger partial charge < -0.3 is 0 Å². The van der Waals surface area contributed by atoms with Gasteiger partial charge in [-0.3, -0.25) is 15.1 Å². The molecule has 0 bridgehead atoms. The summed E-state index contributed by atoms with van der Waals surface area (Å²) >= 11 is 0. The van der Waals surface area contributed by atoms with Crippen LogP contribution in [0.4, 0.5) is 5.69 Å². The molecule has 2 aromatic rings. The quantitative estimate of drug-likeness (QED) is 0.519. The van der Waals surface area contributed by atoms with E-state index in [9.17, 15) is 10.1 Å². The summed E-state index contributed by atoms with van der Waals surface area (Å²) < 4.78 is 0. The van der Waals surface area contributed by atoms with E-state index in [1.54, 1.807) is 24.4 Å². The van der Waals surface area contributed by atoms with E-state index in [0.29, 0.717) is 10.8 Å². The van der Waals surface area contributed by atoms with E-state index < -0.39 is 4.92 Å². The van der Waals surface area contributed by atoms with Crippen LogP contribution in [0.1, 0.15) is 5.56 Å². The Kier molecular flexibility index (Phi) is 2.03. The SMILES string of the molecule is N#Cc1ccc2ccncc2c1[N+](=O)[O-]. The number of benzene rings is 1. The number of aromatic nitrogens is 1. The Morgan fingerprint density at radius 3 is 2.87 bits per heavy atom. The van der Waals surface area contributed by atoms with Gasteiger partial charge in [-0.2, -0.15) is 5.26 Å². The number of nitrogens with zero attached hydrogens (tertiary/aromatic N) is 3. The number of hydrogen-bond donors (Lipinski definition) is 0. The summed E-state index contributed by atoms with van der Waals surface area (Å²) in [5.74, 6) is 0. The molecular formula is C10H5N3O2. The van der Waals surface area contributed by atoms with Crippen molar-refractivity contribution in [1.29, 1.82) is 5.26 Å². The molecular weight excluding hydrogens is 194 g/mol. The molecule has 0 unspecified atom stereocenters. The molecule has 1 heterocycles. The Labute approximate surface area is 84.7 Å². The predicted octanol–water partition coefficient (Wildman–Crippen LogP) is 2.01. The summed E-state index contributed by atoms with van der Waals surface area (Å²) in [4.78, 5) is 14.1. The van der Waals surface area contributed by atoms with Crippen LogP contribution in [0.3, 0.4) is 0 Å². The number of nitriles is 1. The molecule has 0 aliphatic carbocycles. The van der Waals surface area contributed by atoms with Crippen molar-refractivity contribution in [2.24, 2.45) is 0 Å². The van der Waals surface area contributed by atoms with Crippen LogP contribution in [0.25, 0.3) is 10.8 Å². The van der Waals surface area contributed by atoms with E-state index in [0.717, 1.165) is 0 Å². The Morgan fingerprint density at radius 1 is 1.40 bits per heavy atom. The van der Waals surface area contributed by atoms with Crippen molar-refractivity contribution in [3.8, 4) is 6.07 Å². The molecule has 0 radical (unpaired) electrons. The van der Waals surface area contributed by atoms with Crippen LogP contribution in [-0.4, -0.2) is 9.91 Å². The zero-order valence-electron chi connectivity index (χ0n) is 7.54. The van der Waals surface area contributed by atoms with Crippen LogP contribution in [-0.2, 0) is 0 Å². The van der Waals surface area contributed by atoms with Crippen molar-refractivity contribution >= 4 is 16.5 Å². The molecule has 0 atom stereocenters. The number of rotatable bonds is 1. The van der Waals surface area contributed by atoms with Crippen LogP contribution in [0.2, 0.25) is 0 Å². The van der Waals surface area contributed by atoms with Crippen molar-refractivity contribution in [2.45, 2.75) is 0 Å². The number of pyridine rings is 1. The fraction of sp³-hybridized carbons (Fsp3) is 0. The second-order valence-electron chi connectivity index (χ2n) is 2.93. The fourth-order valence-corrected chi connectivity index (χ4v) is 1.43. The summed E-state index contributed by atoms with van der Waals surface area (Å²) in [6.07, 6.45) is 2.95. The normalized spacial score (nSPS) is 9.80. The summed E-state index contributed by atoms with van der Waals surface area (Å²) in [7, 11) is 0. The molecule has 0 saturated carbocycles. The molecule has 2 rings (SSSR count). The lowest BCUT2D eigenvalue weighted by Crippen LogP contribution is -1.94. The maximum Gasteiger partial charge on any atom is 0.296 e. The number of fused-ring (bicyclic) bond motifs is 1. The highest BCUT2D eigenvalue weighted by molar-refractivity contribution is 5.92. The highest BCUT2D eigenvalue weighted by atomic mass is 16.6. The zero-order chi connectivity index (χ0) is 10.8. The molecule has 0 amide bonds. The van der Waals surface area contributed by atoms with Crippen LogP contribution >= 0.6 is 0 Å². The van der Waals surface area contributed by atoms with E-state index in [4.69, 9.17) is 5.26 Å². The largest absolute Gasteiger partial charge is 0.296 e. The summed E-state index contributed by atoms with van der Waals surface area (Å²) in [6.45, 7) is 0. The first-order valence-corrected chi connectivity index (χ1v) is 4.15. The van der Waals surface area contributed by atoms with Crippen LogP contribution in [0.5, 0.6) is 0 Å². The van der Waals surface area contributed by atoms with Gasteiger partial charge in [0.1, 0.15) is 11.6 Å². The van der Waals surface area contributed by atoms with Crippen molar-refractivity contribution in [3.05, 3.63) is 46.3 Å². The van der Waals surface area contributed by atoms with Crippen molar-refractivity contribution < 1.29 is 4.92 Å². The predicted molar refractivity (Wildman–Crippen MR) is 53.1 cm³/mol. The van der Waals surface area contributed by atoms with Gasteiger partial charge in [0.25, 0.3) is 5.69 Å². The van der Waals surface area contributed by atoms with Gasteiger partial charge in [-0.15, -0.1) is 0 Å². The number of nitro benzene ring substituents is 1. The van der Waals surface area contributed by atoms with Gasteiger partial charge in [0.15, 0.2) is 0 Å². The van der Waals surface area contributed by atoms with E-state index >= 15 is 0 Å². The first-order valence-electron chi connectivity index (χ1n) is 4.15. The maximum absolute atomic E-state index is 10.8. The van der Waals surface area contributed by atoms with Gasteiger partial charge in [0.05, 0.1) is 10.3 Å². The second kappa shape index (κ2) is 3.35. The molecule has 5 nitrogen and oxygen atoms in total. The van der Waals surface area contributed by atoms with Crippen molar-refractivity contribution in [2.75, 3.05) is 0 Å². The van der Waals surface area contributed by atoms with E-state index in [1.807, 2.05) is 0 Å². The topological polar surface area (TPSA) is 79.8 Å². The molecule has 0 N–H and O–H groups in total. The van der Waals surface area contributed by atoms with Gasteiger partial charge >= 0.3 is 0 Å². The van der Waals surface area contributed by atoms with Crippen molar-refractivity contribution in [1.82, 2.24) is 4.98 Å². The third-order valence-electron chi connectivity index (χ3n) is 2.10. The Bertz CT molecular complexity index is 587. The first kappa shape index (κ1) is 9.09. The highest BCUT2D eigenvalue weighted by Crippen LogP contribution is 2.27. The lowest BCUT2D eigenvalue weighted by atomic mass is 10.1. The van der Waals surface area contributed by atoms with Crippen molar-refractivity contribution in [3.63, 3.8) is 0 Å². The van der Waals surface area contributed by atoms with Gasteiger partial charge in [-0.25, -0.2) is 0 Å². The zero-order valence-corrected chi connectivity index (χ0v) is 7.54. The molecule has 0 spiro atoms. The highest BCUT2D eigenvalue weighted by Gasteiger charge is 2.17. The maximum atomic E-state index is 10.8. The average Bonchev–Trinajstić information content (AvgIpc) is 2.27. The molecule has 0 aliphatic rings. The Morgan fingerprint density at radius 2 is 2.20 bits per heavy atom. The molecule has 0 fully saturated rings. The summed E-state index contributed by atoms with van der Waals surface area (Å²) in [6, 6.07) is 6.58. The molecule has 0 saturated heterocycles. The van der Waals surface area contributed by atoms with E-state index in [1.165, 1.54) is 12.3 Å². The minimum Gasteiger partial charge on any atom is -0.264 e. The van der Waals surface area contributed by atoms with Gasteiger partial charge in [0.2, 0.25) is 0 Å². The van der Waals surface area contributed by atoms with Gasteiger partial charge in [0, 0.05) is 12.4 Å². The minimum absolute atomic E-state index is 0.0560. The minimum atomic E-state index is -0.553. The lowest BCUT2D eigenvalue weighted by molar-refractivity contribution is -0.383. The average molecular weight is 199 g/mol. The Balaban J connectivity index is 2.92. The smallest absolute Gasteiger partial charge is 0.264 e. The van der Waals surface area contributed by atoms with Crippen LogP contribution in [0, 0.1) is 21.4 Å². The molecule has 1 aromatic carbocycles. The number of nitro groups is 1. The summed E-state index contributed by atoms with van der Waals surface area (Å²) in [5, 5.41) is 20.7. The fourth-order valence-electron chi connectivity index (χ4n) is 1.43. The standard InChI is InChI=1S/C10H5N3O2/c11-5-8-2-1-7-3-4-12-6-9(7)10(8)13(14)15/h1-4,6H. The summed E-state index contributed by atoms with van der Waals surface area (Å²) in [5.41, 5.74) is -0.122. The molecule has 15 heavy (non-hydrogen) atoms. The molecule has 1 aromatic heterocycles. The molecule has 0 aliphatic heterocycles. The number of hydrogen-bond acceptors (Lipinski definition) is 4. The van der Waals surface area contributed by atoms with Crippen LogP contribution in [0.15, 0.2) is 30.6 Å². The van der Waals surface area contributed by atoms with Gasteiger partial charge in [-0.1, -0.05) is 6.07 Å². The third-order valence-corrected chi connectivity index (χ3v) is 2.10. The Hall–Kier alpha value is -2.48. The van der Waals surface area contributed by atoms with Crippen LogP contribution < -0.4 is 0 Å². The monoisotopic (exact) mass is 199 g/mol.